The maximum atomic E-state index is 6.80. The summed E-state index contributed by atoms with van der Waals surface area (Å²) in [5.74, 6) is 1.76. The van der Waals surface area contributed by atoms with E-state index in [4.69, 9.17) is 19.4 Å². The van der Waals surface area contributed by atoms with E-state index in [1.165, 1.54) is 21.9 Å². The van der Waals surface area contributed by atoms with Gasteiger partial charge in [-0.2, -0.15) is 9.97 Å². The summed E-state index contributed by atoms with van der Waals surface area (Å²) in [4.78, 5) is 15.4. The van der Waals surface area contributed by atoms with Gasteiger partial charge in [-0.25, -0.2) is 4.98 Å². The molecule has 0 atom stereocenters. The summed E-state index contributed by atoms with van der Waals surface area (Å²) < 4.78 is 11.3. The molecular formula is C51H31N5O. The van der Waals surface area contributed by atoms with E-state index in [1.54, 1.807) is 0 Å². The molecule has 8 aromatic carbocycles. The molecular weight excluding hydrogens is 699 g/mol. The van der Waals surface area contributed by atoms with Crippen molar-refractivity contribution in [1.82, 2.24) is 24.1 Å². The molecule has 0 aliphatic heterocycles. The molecule has 4 aromatic heterocycles. The summed E-state index contributed by atoms with van der Waals surface area (Å²) in [5.41, 5.74) is 11.1. The van der Waals surface area contributed by atoms with Crippen LogP contribution in [0.15, 0.2) is 192 Å². The van der Waals surface area contributed by atoms with Crippen LogP contribution < -0.4 is 0 Å². The van der Waals surface area contributed by atoms with E-state index in [9.17, 15) is 0 Å². The third-order valence-corrected chi connectivity index (χ3v) is 11.2. The Kier molecular flexibility index (Phi) is 6.83. The van der Waals surface area contributed by atoms with Gasteiger partial charge < -0.3 is 8.98 Å². The normalized spacial score (nSPS) is 11.9. The van der Waals surface area contributed by atoms with E-state index < -0.39 is 0 Å². The van der Waals surface area contributed by atoms with Gasteiger partial charge in [-0.1, -0.05) is 140 Å². The highest BCUT2D eigenvalue weighted by molar-refractivity contribution is 6.17. The van der Waals surface area contributed by atoms with Crippen LogP contribution in [0, 0.1) is 0 Å². The van der Waals surface area contributed by atoms with E-state index in [0.717, 1.165) is 71.6 Å². The second-order valence-corrected chi connectivity index (χ2v) is 14.4. The Bertz CT molecular complexity index is 3470. The lowest BCUT2D eigenvalue weighted by Gasteiger charge is -2.11. The first-order chi connectivity index (χ1) is 28.3. The number of hydrogen-bond donors (Lipinski definition) is 0. The second-order valence-electron chi connectivity index (χ2n) is 14.4. The Balaban J connectivity index is 1.07. The van der Waals surface area contributed by atoms with Crippen LogP contribution in [0.1, 0.15) is 0 Å². The van der Waals surface area contributed by atoms with Crippen molar-refractivity contribution in [2.45, 2.75) is 0 Å². The molecule has 0 saturated heterocycles. The molecule has 4 heterocycles. The van der Waals surface area contributed by atoms with Gasteiger partial charge in [0.05, 0.1) is 27.8 Å². The first-order valence-corrected chi connectivity index (χ1v) is 19.1. The van der Waals surface area contributed by atoms with Crippen LogP contribution in [0.5, 0.6) is 0 Å². The molecule has 0 bridgehead atoms. The fourth-order valence-corrected chi connectivity index (χ4v) is 8.68. The van der Waals surface area contributed by atoms with Gasteiger partial charge in [0.15, 0.2) is 17.2 Å². The zero-order valence-corrected chi connectivity index (χ0v) is 30.5. The number of nitrogens with zero attached hydrogens (tertiary/aromatic N) is 5. The predicted octanol–water partition coefficient (Wildman–Crippen LogP) is 13.0. The quantitative estimate of drug-likeness (QED) is 0.177. The number of rotatable bonds is 5. The van der Waals surface area contributed by atoms with Crippen molar-refractivity contribution in [1.29, 1.82) is 0 Å². The predicted molar refractivity (Wildman–Crippen MR) is 232 cm³/mol. The number of furan rings is 1. The molecule has 0 saturated carbocycles. The third-order valence-electron chi connectivity index (χ3n) is 11.2. The standard InChI is InChI=1S/C51H31N5O/c1-3-15-32(16-4-1)35-22-13-27-44-47(35)39-21-9-12-26-43(39)55(44)45-28-14-23-38-40-31-34(29-30-46(40)57-48(38)45)50-52-49(33-17-5-2-6-18-33)53-51(54-50)56-41-24-10-7-19-36(41)37-20-8-11-25-42(37)56/h1-31H. The number of hydrogen-bond acceptors (Lipinski definition) is 4. The van der Waals surface area contributed by atoms with Crippen LogP contribution in [0.3, 0.4) is 0 Å². The van der Waals surface area contributed by atoms with Crippen molar-refractivity contribution < 1.29 is 4.42 Å². The molecule has 12 rings (SSSR count). The van der Waals surface area contributed by atoms with Gasteiger partial charge in [0.1, 0.15) is 5.58 Å². The molecule has 0 unspecified atom stereocenters. The minimum atomic E-state index is 0.567. The van der Waals surface area contributed by atoms with Crippen molar-refractivity contribution in [3.63, 3.8) is 0 Å². The summed E-state index contributed by atoms with van der Waals surface area (Å²) in [7, 11) is 0. The average molecular weight is 730 g/mol. The lowest BCUT2D eigenvalue weighted by Crippen LogP contribution is -2.06. The Morgan fingerprint density at radius 3 is 1.65 bits per heavy atom. The largest absolute Gasteiger partial charge is 0.454 e. The number of para-hydroxylation sites is 4. The Hall–Kier alpha value is -7.83. The maximum absolute atomic E-state index is 6.80. The number of aromatic nitrogens is 5. The molecule has 0 fully saturated rings. The Labute approximate surface area is 326 Å². The van der Waals surface area contributed by atoms with Gasteiger partial charge >= 0.3 is 0 Å². The van der Waals surface area contributed by atoms with Crippen LogP contribution in [0.2, 0.25) is 0 Å². The topological polar surface area (TPSA) is 61.7 Å². The molecule has 0 amide bonds. The summed E-state index contributed by atoms with van der Waals surface area (Å²) in [6.45, 7) is 0. The smallest absolute Gasteiger partial charge is 0.238 e. The highest BCUT2D eigenvalue weighted by Crippen LogP contribution is 2.42. The summed E-state index contributed by atoms with van der Waals surface area (Å²) >= 11 is 0. The van der Waals surface area contributed by atoms with Crippen molar-refractivity contribution in [2.75, 3.05) is 0 Å². The highest BCUT2D eigenvalue weighted by atomic mass is 16.3. The summed E-state index contributed by atoms with van der Waals surface area (Å²) in [5, 5.41) is 6.74. The van der Waals surface area contributed by atoms with E-state index in [0.29, 0.717) is 17.6 Å². The number of fused-ring (bicyclic) bond motifs is 9. The molecule has 57 heavy (non-hydrogen) atoms. The lowest BCUT2D eigenvalue weighted by molar-refractivity contribution is 0.666. The molecule has 0 spiro atoms. The number of benzene rings is 8. The second kappa shape index (κ2) is 12.3. The van der Waals surface area contributed by atoms with Crippen LogP contribution in [0.25, 0.3) is 111 Å². The first kappa shape index (κ1) is 31.5. The fourth-order valence-electron chi connectivity index (χ4n) is 8.68. The molecule has 12 aromatic rings. The van der Waals surface area contributed by atoms with E-state index in [2.05, 4.69) is 161 Å². The molecule has 6 heteroatoms. The van der Waals surface area contributed by atoms with Gasteiger partial charge in [0.25, 0.3) is 0 Å². The third kappa shape index (κ3) is 4.81. The fraction of sp³-hybridized carbons (Fsp3) is 0. The maximum Gasteiger partial charge on any atom is 0.238 e. The van der Waals surface area contributed by atoms with Crippen LogP contribution in [-0.4, -0.2) is 24.1 Å². The minimum Gasteiger partial charge on any atom is -0.454 e. The van der Waals surface area contributed by atoms with E-state index >= 15 is 0 Å². The first-order valence-electron chi connectivity index (χ1n) is 19.1. The molecule has 6 nitrogen and oxygen atoms in total. The molecule has 0 aliphatic rings. The van der Waals surface area contributed by atoms with Gasteiger partial charge in [-0.3, -0.25) is 4.57 Å². The van der Waals surface area contributed by atoms with Crippen LogP contribution in [0.4, 0.5) is 0 Å². The molecule has 0 radical (unpaired) electrons. The van der Waals surface area contributed by atoms with E-state index in [-0.39, 0.29) is 0 Å². The lowest BCUT2D eigenvalue weighted by atomic mass is 9.99. The van der Waals surface area contributed by atoms with Crippen LogP contribution >= 0.6 is 0 Å². The van der Waals surface area contributed by atoms with Crippen LogP contribution in [-0.2, 0) is 0 Å². The molecule has 0 aliphatic carbocycles. The zero-order chi connectivity index (χ0) is 37.5. The van der Waals surface area contributed by atoms with Gasteiger partial charge in [0, 0.05) is 43.4 Å². The zero-order valence-electron chi connectivity index (χ0n) is 30.5. The minimum absolute atomic E-state index is 0.567. The van der Waals surface area contributed by atoms with Crippen molar-refractivity contribution >= 4 is 65.6 Å². The van der Waals surface area contributed by atoms with E-state index in [1.807, 2.05) is 36.4 Å². The van der Waals surface area contributed by atoms with Gasteiger partial charge in [-0.15, -0.1) is 0 Å². The SMILES string of the molecule is c1ccc(-c2nc(-c3ccc4oc5c(-n6c7ccccc7c7c(-c8ccccc8)cccc76)cccc5c4c3)nc(-n3c4ccccc4c4ccccc43)n2)cc1. The average Bonchev–Trinajstić information content (AvgIpc) is 3.94. The summed E-state index contributed by atoms with van der Waals surface area (Å²) in [6.07, 6.45) is 0. The Morgan fingerprint density at radius 1 is 0.368 bits per heavy atom. The molecule has 266 valence electrons. The van der Waals surface area contributed by atoms with Crippen molar-refractivity contribution in [3.8, 4) is 45.5 Å². The van der Waals surface area contributed by atoms with Crippen molar-refractivity contribution in [2.24, 2.45) is 0 Å². The van der Waals surface area contributed by atoms with Gasteiger partial charge in [0.2, 0.25) is 5.95 Å². The Morgan fingerprint density at radius 2 is 0.930 bits per heavy atom. The van der Waals surface area contributed by atoms with Crippen molar-refractivity contribution in [3.05, 3.63) is 188 Å². The van der Waals surface area contributed by atoms with Gasteiger partial charge in [-0.05, 0) is 59.7 Å². The molecule has 0 N–H and O–H groups in total. The summed E-state index contributed by atoms with van der Waals surface area (Å²) in [6, 6.07) is 65.5. The highest BCUT2D eigenvalue weighted by Gasteiger charge is 2.21. The monoisotopic (exact) mass is 729 g/mol.